The maximum atomic E-state index is 3.16. The van der Waals surface area contributed by atoms with E-state index in [2.05, 4.69) is 328 Å². The molecule has 1 saturated heterocycles. The summed E-state index contributed by atoms with van der Waals surface area (Å²) in [5.74, 6) is 2.86. The van der Waals surface area contributed by atoms with Gasteiger partial charge in [0, 0.05) is 0 Å². The quantitative estimate of drug-likeness (QED) is 0.0852. The summed E-state index contributed by atoms with van der Waals surface area (Å²) in [6, 6.07) is 12.6. The van der Waals surface area contributed by atoms with E-state index in [1.54, 1.807) is 0 Å². The first-order chi connectivity index (χ1) is 34.1. The van der Waals surface area contributed by atoms with E-state index in [0.717, 1.165) is 20.7 Å². The molecule has 0 bridgehead atoms. The third-order valence-electron chi connectivity index (χ3n) is 18.8. The van der Waals surface area contributed by atoms with Crippen LogP contribution in [0.25, 0.3) is 0 Å². The van der Waals surface area contributed by atoms with Crippen molar-refractivity contribution in [3.8, 4) is 0 Å². The number of hydrogen-bond donors (Lipinski definition) is 0. The minimum atomic E-state index is -2.37. The van der Waals surface area contributed by atoms with Crippen molar-refractivity contribution in [1.82, 2.24) is 0 Å². The summed E-state index contributed by atoms with van der Waals surface area (Å²) in [4.78, 5) is 0. The van der Waals surface area contributed by atoms with Crippen molar-refractivity contribution in [2.75, 3.05) is 0 Å². The Kier molecular flexibility index (Phi) is 23.8. The molecule has 0 aliphatic carbocycles. The summed E-state index contributed by atoms with van der Waals surface area (Å²) in [5, 5.41) is 2.99. The Bertz CT molecular complexity index is 2060. The van der Waals surface area contributed by atoms with E-state index >= 15 is 0 Å². The zero-order valence-electron chi connectivity index (χ0n) is 60.7. The van der Waals surface area contributed by atoms with Crippen LogP contribution < -0.4 is 7.02 Å². The normalized spacial score (nSPS) is 17.2. The van der Waals surface area contributed by atoms with Gasteiger partial charge >= 0.3 is 538 Å². The molecule has 19 heteroatoms. The van der Waals surface area contributed by atoms with E-state index in [1.165, 1.54) is 0 Å². The average molecular weight is 1590 g/mol. The van der Waals surface area contributed by atoms with Crippen molar-refractivity contribution in [3.05, 3.63) is 57.6 Å². The van der Waals surface area contributed by atoms with Gasteiger partial charge in [-0.2, -0.15) is 0 Å². The van der Waals surface area contributed by atoms with Crippen LogP contribution in [0.3, 0.4) is 0 Å². The van der Waals surface area contributed by atoms with Gasteiger partial charge in [0.15, 0.2) is 0 Å². The Hall–Kier alpha value is 4.16. The molecule has 0 radical (unpaired) electrons. The third kappa shape index (κ3) is 15.7. The summed E-state index contributed by atoms with van der Waals surface area (Å²) in [7, 11) is -19.4. The van der Waals surface area contributed by atoms with Gasteiger partial charge < -0.3 is 0 Å². The van der Waals surface area contributed by atoms with Crippen molar-refractivity contribution in [3.63, 3.8) is 0 Å². The number of benzene rings is 2. The first-order valence-corrected chi connectivity index (χ1v) is 98.6. The second-order valence-corrected chi connectivity index (χ2v) is 158. The molecule has 0 saturated carbocycles. The van der Waals surface area contributed by atoms with Gasteiger partial charge in [-0.15, -0.1) is 0 Å². The molecule has 79 heavy (non-hydrogen) atoms. The van der Waals surface area contributed by atoms with Crippen LogP contribution in [0.5, 0.6) is 0 Å². The monoisotopic (exact) mass is 1580 g/mol. The van der Waals surface area contributed by atoms with E-state index in [4.69, 9.17) is 0 Å². The third-order valence-corrected chi connectivity index (χ3v) is 175. The molecule has 1 fully saturated rings. The second-order valence-electron chi connectivity index (χ2n) is 40.4. The maximum absolute atomic E-state index is 3.16. The van der Waals surface area contributed by atoms with Crippen molar-refractivity contribution in [2.45, 2.75) is 304 Å². The predicted molar refractivity (Wildman–Crippen MR) is 428 cm³/mol. The Balaban J connectivity index is 3.07. The van der Waals surface area contributed by atoms with Gasteiger partial charge in [0.2, 0.25) is 0 Å². The van der Waals surface area contributed by atoms with Crippen molar-refractivity contribution in [2.24, 2.45) is 0 Å². The Morgan fingerprint density at radius 3 is 0.506 bits per heavy atom. The molecule has 0 aromatic heterocycles. The molecule has 1 heterocycles. The fourth-order valence-electron chi connectivity index (χ4n) is 21.7. The minimum absolute atomic E-state index is 0.354. The number of rotatable bonds is 22. The van der Waals surface area contributed by atoms with Crippen LogP contribution in [-0.2, 0) is 8.57 Å². The SMILES string of the molecule is C[Si](C)(C)C(c1cc(C([Si](C)(C)C)([Si](C)(C)C)[Si](C)(C)C)cc(C([Si](C)(C)C)[Si](C)(C)C)[c]1[Sb]1[S][S][Sb]([c]2c(C([Si](C)(C)C)[Si](C)(C)C)cc(C([Si](C)(C)C)([Si](C)(C)C)[Si](C)(C)C)cc2C([Si](C)(C)C)[Si](C)(C)C)[S]1)[Si](C)(C)C. The van der Waals surface area contributed by atoms with Crippen LogP contribution in [0, 0.1) is 0 Å². The standard InChI is InChI=1S/2C30H67Si7.S2.S.2Sb/c2*1-31(2,3)28(32(4,5)6)25-22-26(29(33(7,8)9)34(10,11)12)24-27(23-25)30(35(13,14)15,36(16,17)18)37(19,20)21;1-2;;;/h2*23-24,28-29H,1-21H3;;;;/q;;-2;;2*+1. The fourth-order valence-corrected chi connectivity index (χ4v) is 273. The van der Waals surface area contributed by atoms with E-state index in [-0.39, 0.29) is 0 Å². The number of hydrogen-bond acceptors (Lipinski definition) is 3. The Morgan fingerprint density at radius 2 is 0.392 bits per heavy atom. The molecule has 3 rings (SSSR count). The molecule has 1 aliphatic rings. The van der Waals surface area contributed by atoms with E-state index < -0.39 is 148 Å². The molecule has 0 amide bonds. The van der Waals surface area contributed by atoms with Gasteiger partial charge in [0.1, 0.15) is 0 Å². The van der Waals surface area contributed by atoms with Gasteiger partial charge in [0.25, 0.3) is 0 Å². The van der Waals surface area contributed by atoms with Gasteiger partial charge in [-0.1, -0.05) is 0 Å². The van der Waals surface area contributed by atoms with Gasteiger partial charge in [0.05, 0.1) is 0 Å². The molecule has 2 aromatic rings. The molecular formula is C60H134S3Sb2Si14. The van der Waals surface area contributed by atoms with Gasteiger partial charge in [-0.3, -0.25) is 0 Å². The van der Waals surface area contributed by atoms with Crippen molar-refractivity contribution >= 4 is 177 Å². The van der Waals surface area contributed by atoms with E-state index in [9.17, 15) is 0 Å². The summed E-state index contributed by atoms with van der Waals surface area (Å²) in [5.41, 5.74) is 11.7. The Labute approximate surface area is 531 Å². The molecule has 458 valence electrons. The van der Waals surface area contributed by atoms with Crippen LogP contribution in [0.1, 0.15) is 54.0 Å². The van der Waals surface area contributed by atoms with E-state index in [0.29, 0.717) is 8.57 Å². The second kappa shape index (κ2) is 24.3. The van der Waals surface area contributed by atoms with E-state index in [1.807, 2.05) is 33.4 Å². The Morgan fingerprint density at radius 1 is 0.253 bits per heavy atom. The molecule has 0 N–H and O–H groups in total. The summed E-state index contributed by atoms with van der Waals surface area (Å²) >= 11 is -4.74. The predicted octanol–water partition coefficient (Wildman–Crippen LogP) is 22.0. The molecule has 0 spiro atoms. The fraction of sp³-hybridized carbons (Fsp3) is 0.800. The molecule has 0 nitrogen and oxygen atoms in total. The van der Waals surface area contributed by atoms with Crippen LogP contribution >= 0.6 is 21.7 Å². The van der Waals surface area contributed by atoms with Crippen molar-refractivity contribution < 1.29 is 0 Å². The zero-order valence-corrected chi connectivity index (χ0v) is 82.3. The van der Waals surface area contributed by atoms with Crippen LogP contribution in [0.15, 0.2) is 24.3 Å². The molecular weight excluding hydrogens is 1450 g/mol. The van der Waals surface area contributed by atoms with Crippen molar-refractivity contribution in [1.29, 1.82) is 0 Å². The van der Waals surface area contributed by atoms with Crippen LogP contribution in [0.4, 0.5) is 0 Å². The first-order valence-electron chi connectivity index (χ1n) is 31.1. The van der Waals surface area contributed by atoms with Gasteiger partial charge in [-0.25, -0.2) is 0 Å². The first kappa shape index (κ1) is 77.4. The summed E-state index contributed by atoms with van der Waals surface area (Å²) in [6.45, 7) is 119. The molecule has 0 atom stereocenters. The zero-order chi connectivity index (χ0) is 63.0. The van der Waals surface area contributed by atoms with Crippen LogP contribution in [-0.4, -0.2) is 148 Å². The topological polar surface area (TPSA) is 0 Å². The summed E-state index contributed by atoms with van der Waals surface area (Å²) in [6.07, 6.45) is 0. The van der Waals surface area contributed by atoms with Crippen LogP contribution in [0.2, 0.25) is 275 Å². The molecule has 1 aliphatic heterocycles. The average Bonchev–Trinajstić information content (AvgIpc) is 3.52. The summed E-state index contributed by atoms with van der Waals surface area (Å²) < 4.78 is 4.89. The molecule has 2 aromatic carbocycles. The van der Waals surface area contributed by atoms with Gasteiger partial charge in [-0.05, 0) is 0 Å². The molecule has 0 unspecified atom stereocenters.